The SMILES string of the molecule is CCOC(=O)C1=C(C)N(CC)C(=S)NC1c1cccc(NC(=O)CC(C)CC(C)(C)C)c1. The molecule has 2 unspecified atom stereocenters. The molecule has 0 aliphatic carbocycles. The Morgan fingerprint density at radius 2 is 1.97 bits per heavy atom. The predicted molar refractivity (Wildman–Crippen MR) is 133 cm³/mol. The minimum atomic E-state index is -0.444. The molecule has 0 saturated heterocycles. The Morgan fingerprint density at radius 1 is 1.28 bits per heavy atom. The predicted octanol–water partition coefficient (Wildman–Crippen LogP) is 5.18. The van der Waals surface area contributed by atoms with E-state index in [4.69, 9.17) is 17.0 Å². The molecule has 1 aromatic carbocycles. The fraction of sp³-hybridized carbons (Fsp3) is 0.560. The number of nitrogens with one attached hydrogen (secondary N) is 2. The van der Waals surface area contributed by atoms with Gasteiger partial charge in [-0.15, -0.1) is 0 Å². The van der Waals surface area contributed by atoms with Crippen LogP contribution in [-0.4, -0.2) is 35.0 Å². The Hall–Kier alpha value is -2.41. The van der Waals surface area contributed by atoms with Crippen molar-refractivity contribution >= 4 is 34.9 Å². The van der Waals surface area contributed by atoms with E-state index in [1.54, 1.807) is 6.92 Å². The lowest BCUT2D eigenvalue weighted by atomic mass is 9.84. The van der Waals surface area contributed by atoms with Crippen LogP contribution in [0.5, 0.6) is 0 Å². The largest absolute Gasteiger partial charge is 0.463 e. The highest BCUT2D eigenvalue weighted by molar-refractivity contribution is 7.80. The molecule has 0 fully saturated rings. The molecule has 7 heteroatoms. The Morgan fingerprint density at radius 3 is 2.56 bits per heavy atom. The number of esters is 1. The summed E-state index contributed by atoms with van der Waals surface area (Å²) in [4.78, 5) is 27.3. The van der Waals surface area contributed by atoms with E-state index in [0.29, 0.717) is 35.9 Å². The van der Waals surface area contributed by atoms with Gasteiger partial charge in [-0.05, 0) is 68.4 Å². The standard InChI is InChI=1S/C25H37N3O3S/c1-8-28-17(4)21(23(30)31-9-2)22(27-24(28)32)18-11-10-12-19(14-18)26-20(29)13-16(3)15-25(5,6)7/h10-12,14,16,22H,8-9,13,15H2,1-7H3,(H,26,29)(H,27,32). The van der Waals surface area contributed by atoms with Gasteiger partial charge in [-0.25, -0.2) is 4.79 Å². The maximum atomic E-state index is 12.8. The number of hydrogen-bond donors (Lipinski definition) is 2. The van der Waals surface area contributed by atoms with Crippen molar-refractivity contribution in [2.24, 2.45) is 11.3 Å². The zero-order chi connectivity index (χ0) is 24.1. The summed E-state index contributed by atoms with van der Waals surface area (Å²) in [6, 6.07) is 7.10. The molecule has 1 aliphatic heterocycles. The van der Waals surface area contributed by atoms with Gasteiger partial charge < -0.3 is 20.3 Å². The molecule has 6 nitrogen and oxygen atoms in total. The van der Waals surface area contributed by atoms with Gasteiger partial charge in [0.2, 0.25) is 5.91 Å². The first-order valence-electron chi connectivity index (χ1n) is 11.3. The maximum Gasteiger partial charge on any atom is 0.338 e. The van der Waals surface area contributed by atoms with Gasteiger partial charge in [0.15, 0.2) is 5.11 Å². The molecule has 0 spiro atoms. The van der Waals surface area contributed by atoms with E-state index in [1.807, 2.05) is 43.0 Å². The Balaban J connectivity index is 2.27. The summed E-state index contributed by atoms with van der Waals surface area (Å²) in [5.41, 5.74) is 3.04. The van der Waals surface area contributed by atoms with Crippen LogP contribution in [0, 0.1) is 11.3 Å². The van der Waals surface area contributed by atoms with Gasteiger partial charge in [-0.1, -0.05) is 39.8 Å². The highest BCUT2D eigenvalue weighted by atomic mass is 32.1. The van der Waals surface area contributed by atoms with E-state index in [0.717, 1.165) is 17.7 Å². The van der Waals surface area contributed by atoms with Crippen molar-refractivity contribution in [3.05, 3.63) is 41.1 Å². The van der Waals surface area contributed by atoms with Crippen LogP contribution in [0.1, 0.15) is 72.9 Å². The fourth-order valence-electron chi connectivity index (χ4n) is 4.33. The van der Waals surface area contributed by atoms with Crippen molar-refractivity contribution in [1.29, 1.82) is 0 Å². The number of ether oxygens (including phenoxy) is 1. The van der Waals surface area contributed by atoms with Crippen LogP contribution in [0.3, 0.4) is 0 Å². The highest BCUT2D eigenvalue weighted by Crippen LogP contribution is 2.32. The van der Waals surface area contributed by atoms with Crippen molar-refractivity contribution < 1.29 is 14.3 Å². The number of amides is 1. The third-order valence-electron chi connectivity index (χ3n) is 5.41. The van der Waals surface area contributed by atoms with Crippen LogP contribution < -0.4 is 10.6 Å². The van der Waals surface area contributed by atoms with Crippen LogP contribution in [0.2, 0.25) is 0 Å². The van der Waals surface area contributed by atoms with Gasteiger partial charge in [0, 0.05) is 24.4 Å². The average Bonchev–Trinajstić information content (AvgIpc) is 2.66. The topological polar surface area (TPSA) is 70.7 Å². The first kappa shape index (κ1) is 25.8. The molecule has 176 valence electrons. The summed E-state index contributed by atoms with van der Waals surface area (Å²) in [6.45, 7) is 15.3. The van der Waals surface area contributed by atoms with Gasteiger partial charge in [0.1, 0.15) is 0 Å². The number of rotatable bonds is 8. The second-order valence-electron chi connectivity index (χ2n) is 9.59. The van der Waals surface area contributed by atoms with Gasteiger partial charge in [0.05, 0.1) is 18.2 Å². The van der Waals surface area contributed by atoms with Crippen LogP contribution in [0.4, 0.5) is 5.69 Å². The van der Waals surface area contributed by atoms with Crippen LogP contribution in [0.15, 0.2) is 35.5 Å². The third kappa shape index (κ3) is 6.79. The molecule has 32 heavy (non-hydrogen) atoms. The number of nitrogens with zero attached hydrogens (tertiary/aromatic N) is 1. The molecule has 1 heterocycles. The molecule has 0 bridgehead atoms. The van der Waals surface area contributed by atoms with Crippen LogP contribution in [-0.2, 0) is 14.3 Å². The van der Waals surface area contributed by atoms with Crippen molar-refractivity contribution in [3.63, 3.8) is 0 Å². The Labute approximate surface area is 197 Å². The fourth-order valence-corrected chi connectivity index (χ4v) is 4.71. The molecule has 1 aromatic rings. The number of hydrogen-bond acceptors (Lipinski definition) is 4. The summed E-state index contributed by atoms with van der Waals surface area (Å²) >= 11 is 5.54. The van der Waals surface area contributed by atoms with E-state index in [1.165, 1.54) is 0 Å². The lowest BCUT2D eigenvalue weighted by Gasteiger charge is -2.37. The lowest BCUT2D eigenvalue weighted by Crippen LogP contribution is -2.47. The van der Waals surface area contributed by atoms with E-state index < -0.39 is 6.04 Å². The third-order valence-corrected chi connectivity index (χ3v) is 5.74. The van der Waals surface area contributed by atoms with Gasteiger partial charge in [-0.2, -0.15) is 0 Å². The number of allylic oxidation sites excluding steroid dienone is 1. The number of benzene rings is 1. The smallest absolute Gasteiger partial charge is 0.338 e. The summed E-state index contributed by atoms with van der Waals surface area (Å²) < 4.78 is 5.33. The monoisotopic (exact) mass is 459 g/mol. The molecule has 0 aromatic heterocycles. The molecule has 0 saturated carbocycles. The van der Waals surface area contributed by atoms with E-state index in [9.17, 15) is 9.59 Å². The Bertz CT molecular complexity index is 889. The van der Waals surface area contributed by atoms with E-state index in [2.05, 4.69) is 38.3 Å². The Kier molecular flexibility index (Phi) is 8.84. The van der Waals surface area contributed by atoms with Crippen LogP contribution >= 0.6 is 12.2 Å². The van der Waals surface area contributed by atoms with Gasteiger partial charge >= 0.3 is 5.97 Å². The van der Waals surface area contributed by atoms with Crippen molar-refractivity contribution in [3.8, 4) is 0 Å². The molecule has 2 rings (SSSR count). The zero-order valence-electron chi connectivity index (χ0n) is 20.4. The number of carbonyl (C=O) groups excluding carboxylic acids is 2. The number of anilines is 1. The van der Waals surface area contributed by atoms with E-state index in [-0.39, 0.29) is 23.2 Å². The lowest BCUT2D eigenvalue weighted by molar-refractivity contribution is -0.139. The second-order valence-corrected chi connectivity index (χ2v) is 9.98. The molecule has 2 atom stereocenters. The van der Waals surface area contributed by atoms with Crippen molar-refractivity contribution in [2.75, 3.05) is 18.5 Å². The first-order chi connectivity index (χ1) is 15.0. The average molecular weight is 460 g/mol. The highest BCUT2D eigenvalue weighted by Gasteiger charge is 2.34. The quantitative estimate of drug-likeness (QED) is 0.413. The molecule has 2 N–H and O–H groups in total. The molecule has 0 radical (unpaired) electrons. The maximum absolute atomic E-state index is 12.8. The molecular weight excluding hydrogens is 422 g/mol. The van der Waals surface area contributed by atoms with Gasteiger partial charge in [0.25, 0.3) is 0 Å². The molecule has 1 aliphatic rings. The summed E-state index contributed by atoms with van der Waals surface area (Å²) in [5, 5.41) is 6.85. The minimum Gasteiger partial charge on any atom is -0.463 e. The normalized spacial score (nSPS) is 17.7. The summed E-state index contributed by atoms with van der Waals surface area (Å²) in [6.07, 6.45) is 1.44. The molecule has 1 amide bonds. The zero-order valence-corrected chi connectivity index (χ0v) is 21.2. The molecular formula is C25H37N3O3S. The van der Waals surface area contributed by atoms with Crippen LogP contribution in [0.25, 0.3) is 0 Å². The van der Waals surface area contributed by atoms with Crippen molar-refractivity contribution in [2.45, 2.75) is 67.3 Å². The number of carbonyl (C=O) groups is 2. The summed E-state index contributed by atoms with van der Waals surface area (Å²) in [7, 11) is 0. The number of thiocarbonyl (C=S) groups is 1. The first-order valence-corrected chi connectivity index (χ1v) is 11.7. The second kappa shape index (κ2) is 10.9. The minimum absolute atomic E-state index is 0.0134. The van der Waals surface area contributed by atoms with Gasteiger partial charge in [-0.3, -0.25) is 4.79 Å². The van der Waals surface area contributed by atoms with E-state index >= 15 is 0 Å². The van der Waals surface area contributed by atoms with Crippen molar-refractivity contribution in [1.82, 2.24) is 10.2 Å². The summed E-state index contributed by atoms with van der Waals surface area (Å²) in [5.74, 6) is -0.0917.